The first-order valence-electron chi connectivity index (χ1n) is 11.2. The Morgan fingerprint density at radius 1 is 1.03 bits per heavy atom. The minimum Gasteiger partial charge on any atom is -0.481 e. The van der Waals surface area contributed by atoms with Gasteiger partial charge in [-0.3, -0.25) is 9.59 Å². The zero-order chi connectivity index (χ0) is 23.2. The topological polar surface area (TPSA) is 105 Å². The molecule has 2 aromatic carbocycles. The summed E-state index contributed by atoms with van der Waals surface area (Å²) in [6.07, 6.45) is 2.10. The van der Waals surface area contributed by atoms with E-state index in [1.165, 1.54) is 11.8 Å². The first kappa shape index (κ1) is 23.2. The number of carboxylic acids is 1. The molecule has 2 amide bonds. The number of nitrogens with one attached hydrogen (secondary N) is 2. The van der Waals surface area contributed by atoms with Crippen LogP contribution in [-0.2, 0) is 14.3 Å². The Hall–Kier alpha value is -3.00. The number of ether oxygens (including phenoxy) is 1. The van der Waals surface area contributed by atoms with E-state index in [1.807, 2.05) is 24.3 Å². The van der Waals surface area contributed by atoms with Crippen molar-refractivity contribution in [1.29, 1.82) is 0 Å². The zero-order valence-electron chi connectivity index (χ0n) is 18.3. The van der Waals surface area contributed by atoms with Crippen molar-refractivity contribution in [2.75, 3.05) is 24.7 Å². The fraction of sp³-hybridized carbons (Fsp3) is 0.400. The van der Waals surface area contributed by atoms with Crippen LogP contribution in [0.4, 0.5) is 4.79 Å². The molecule has 0 heterocycles. The molecule has 174 valence electrons. The van der Waals surface area contributed by atoms with Crippen LogP contribution in [0.5, 0.6) is 0 Å². The number of benzene rings is 2. The van der Waals surface area contributed by atoms with E-state index in [0.717, 1.165) is 35.1 Å². The van der Waals surface area contributed by atoms with Gasteiger partial charge >= 0.3 is 12.1 Å². The van der Waals surface area contributed by atoms with Gasteiger partial charge in [-0.2, -0.15) is 0 Å². The molecule has 0 bridgehead atoms. The number of amides is 2. The summed E-state index contributed by atoms with van der Waals surface area (Å²) < 4.78 is 5.59. The van der Waals surface area contributed by atoms with Gasteiger partial charge in [0.25, 0.3) is 0 Å². The SMILES string of the molecule is O=C(O)CSCCNC(=O)C(CC1CC1)NC(=O)OCC1c2ccccc2-c2ccccc21. The lowest BCUT2D eigenvalue weighted by molar-refractivity contribution is -0.133. The molecule has 2 aliphatic carbocycles. The Bertz CT molecular complexity index is 978. The first-order chi connectivity index (χ1) is 16.0. The van der Waals surface area contributed by atoms with Gasteiger partial charge in [0.1, 0.15) is 12.6 Å². The van der Waals surface area contributed by atoms with Crippen molar-refractivity contribution < 1.29 is 24.2 Å². The second kappa shape index (κ2) is 10.7. The van der Waals surface area contributed by atoms with Crippen molar-refractivity contribution >= 4 is 29.7 Å². The molecule has 33 heavy (non-hydrogen) atoms. The van der Waals surface area contributed by atoms with Crippen LogP contribution in [-0.4, -0.2) is 53.8 Å². The molecule has 7 nitrogen and oxygen atoms in total. The Morgan fingerprint density at radius 2 is 1.67 bits per heavy atom. The Balaban J connectivity index is 1.31. The van der Waals surface area contributed by atoms with Crippen LogP contribution in [0.25, 0.3) is 11.1 Å². The fourth-order valence-corrected chi connectivity index (χ4v) is 4.80. The van der Waals surface area contributed by atoms with Crippen molar-refractivity contribution in [3.8, 4) is 11.1 Å². The number of rotatable bonds is 11. The largest absolute Gasteiger partial charge is 0.481 e. The Morgan fingerprint density at radius 3 is 2.27 bits per heavy atom. The fourth-order valence-electron chi connectivity index (χ4n) is 4.23. The molecule has 0 spiro atoms. The maximum absolute atomic E-state index is 12.6. The minimum atomic E-state index is -0.880. The molecule has 0 aromatic heterocycles. The van der Waals surface area contributed by atoms with Crippen LogP contribution in [0.2, 0.25) is 0 Å². The lowest BCUT2D eigenvalue weighted by Crippen LogP contribution is -2.47. The minimum absolute atomic E-state index is 0.000622. The van der Waals surface area contributed by atoms with Gasteiger partial charge in [0.2, 0.25) is 5.91 Å². The van der Waals surface area contributed by atoms with Crippen molar-refractivity contribution in [3.05, 3.63) is 59.7 Å². The highest BCUT2D eigenvalue weighted by molar-refractivity contribution is 7.99. The third-order valence-corrected chi connectivity index (χ3v) is 6.93. The van der Waals surface area contributed by atoms with Gasteiger partial charge in [0.05, 0.1) is 5.75 Å². The summed E-state index contributed by atoms with van der Waals surface area (Å²) >= 11 is 1.24. The molecule has 3 N–H and O–H groups in total. The second-order valence-electron chi connectivity index (χ2n) is 8.44. The van der Waals surface area contributed by atoms with Crippen LogP contribution in [0.15, 0.2) is 48.5 Å². The van der Waals surface area contributed by atoms with Crippen molar-refractivity contribution in [1.82, 2.24) is 10.6 Å². The van der Waals surface area contributed by atoms with Gasteiger partial charge in [0, 0.05) is 18.2 Å². The molecule has 1 atom stereocenters. The van der Waals surface area contributed by atoms with E-state index in [0.29, 0.717) is 24.6 Å². The van der Waals surface area contributed by atoms with E-state index in [4.69, 9.17) is 9.84 Å². The normalized spacial score (nSPS) is 15.3. The predicted octanol–water partition coefficient (Wildman–Crippen LogP) is 3.63. The summed E-state index contributed by atoms with van der Waals surface area (Å²) in [5.41, 5.74) is 4.60. The number of fused-ring (bicyclic) bond motifs is 3. The summed E-state index contributed by atoms with van der Waals surface area (Å²) in [5.74, 6) is -0.235. The van der Waals surface area contributed by atoms with Gasteiger partial charge in [-0.15, -0.1) is 11.8 Å². The highest BCUT2D eigenvalue weighted by Gasteiger charge is 2.32. The van der Waals surface area contributed by atoms with Gasteiger partial charge in [-0.25, -0.2) is 4.79 Å². The molecule has 0 aliphatic heterocycles. The number of hydrogen-bond donors (Lipinski definition) is 3. The van der Waals surface area contributed by atoms with Crippen molar-refractivity contribution in [2.24, 2.45) is 5.92 Å². The summed E-state index contributed by atoms with van der Waals surface area (Å²) in [6.45, 7) is 0.549. The average molecular weight is 469 g/mol. The highest BCUT2D eigenvalue weighted by atomic mass is 32.2. The number of alkyl carbamates (subject to hydrolysis) is 1. The van der Waals surface area contributed by atoms with Gasteiger partial charge < -0.3 is 20.5 Å². The molecule has 4 rings (SSSR count). The Kier molecular flexibility index (Phi) is 7.54. The quantitative estimate of drug-likeness (QED) is 0.435. The molecule has 0 radical (unpaired) electrons. The lowest BCUT2D eigenvalue weighted by Gasteiger charge is -2.19. The summed E-state index contributed by atoms with van der Waals surface area (Å²) in [7, 11) is 0. The maximum Gasteiger partial charge on any atom is 0.407 e. The summed E-state index contributed by atoms with van der Waals surface area (Å²) in [5, 5.41) is 14.2. The molecule has 0 saturated heterocycles. The van der Waals surface area contributed by atoms with E-state index in [-0.39, 0.29) is 24.2 Å². The summed E-state index contributed by atoms with van der Waals surface area (Å²) in [4.78, 5) is 35.8. The number of thioether (sulfide) groups is 1. The maximum atomic E-state index is 12.6. The zero-order valence-corrected chi connectivity index (χ0v) is 19.1. The third kappa shape index (κ3) is 6.07. The molecule has 1 fully saturated rings. The molecule has 1 saturated carbocycles. The average Bonchev–Trinajstić information content (AvgIpc) is 3.57. The van der Waals surface area contributed by atoms with Gasteiger partial charge in [-0.05, 0) is 34.6 Å². The van der Waals surface area contributed by atoms with E-state index >= 15 is 0 Å². The van der Waals surface area contributed by atoms with Crippen LogP contribution in [0.3, 0.4) is 0 Å². The van der Waals surface area contributed by atoms with Crippen molar-refractivity contribution in [3.63, 3.8) is 0 Å². The Labute approximate surface area is 197 Å². The number of aliphatic carboxylic acids is 1. The molecule has 1 unspecified atom stereocenters. The number of carboxylic acid groups (broad SMARTS) is 1. The van der Waals surface area contributed by atoms with Crippen LogP contribution >= 0.6 is 11.8 Å². The molecule has 2 aliphatic rings. The molecule has 8 heteroatoms. The number of hydrogen-bond acceptors (Lipinski definition) is 5. The van der Waals surface area contributed by atoms with Gasteiger partial charge in [-0.1, -0.05) is 61.4 Å². The summed E-state index contributed by atoms with van der Waals surface area (Å²) in [6, 6.07) is 15.6. The van der Waals surface area contributed by atoms with Crippen LogP contribution in [0.1, 0.15) is 36.3 Å². The van der Waals surface area contributed by atoms with Crippen LogP contribution in [0, 0.1) is 5.92 Å². The van der Waals surface area contributed by atoms with E-state index in [1.54, 1.807) is 0 Å². The lowest BCUT2D eigenvalue weighted by atomic mass is 9.98. The highest BCUT2D eigenvalue weighted by Crippen LogP contribution is 2.44. The smallest absolute Gasteiger partial charge is 0.407 e. The van der Waals surface area contributed by atoms with Crippen molar-refractivity contribution in [2.45, 2.75) is 31.2 Å². The first-order valence-corrected chi connectivity index (χ1v) is 12.4. The second-order valence-corrected chi connectivity index (χ2v) is 9.54. The predicted molar refractivity (Wildman–Crippen MR) is 127 cm³/mol. The van der Waals surface area contributed by atoms with E-state index in [9.17, 15) is 14.4 Å². The number of carbonyl (C=O) groups is 3. The standard InChI is InChI=1S/C25H28N2O5S/c28-23(29)15-33-12-11-26-24(30)22(13-16-9-10-16)27-25(31)32-14-21-19-7-3-1-5-17(19)18-6-2-4-8-20(18)21/h1-8,16,21-22H,9-15H2,(H,26,30)(H,27,31)(H,28,29). The van der Waals surface area contributed by atoms with E-state index in [2.05, 4.69) is 34.9 Å². The van der Waals surface area contributed by atoms with Crippen LogP contribution < -0.4 is 10.6 Å². The molecular formula is C25H28N2O5S. The number of carbonyl (C=O) groups excluding carboxylic acids is 2. The van der Waals surface area contributed by atoms with Gasteiger partial charge in [0.15, 0.2) is 0 Å². The monoisotopic (exact) mass is 468 g/mol. The third-order valence-electron chi connectivity index (χ3n) is 5.99. The molecular weight excluding hydrogens is 440 g/mol. The molecule has 2 aromatic rings. The van der Waals surface area contributed by atoms with E-state index < -0.39 is 18.1 Å².